The Kier molecular flexibility index (Phi) is 20.7. The summed E-state index contributed by atoms with van der Waals surface area (Å²) in [5.41, 5.74) is 15.3. The fourth-order valence-electron chi connectivity index (χ4n) is 5.46. The number of carbonyl (C=O) groups excluding carboxylic acids is 5. The Balaban J connectivity index is 1.81. The van der Waals surface area contributed by atoms with Crippen LogP contribution in [0.15, 0.2) is 48.5 Å². The molecule has 0 aliphatic heterocycles. The first-order chi connectivity index (χ1) is 25.7. The van der Waals surface area contributed by atoms with Crippen molar-refractivity contribution in [1.82, 2.24) is 47.9 Å². The summed E-state index contributed by atoms with van der Waals surface area (Å²) in [6.07, 6.45) is 3.54. The molecule has 2 rings (SSSR count). The molecule has 0 bridgehead atoms. The van der Waals surface area contributed by atoms with Gasteiger partial charge in [0, 0.05) is 50.8 Å². The number of unbranched alkanes of at least 4 members (excludes halogenated alkanes) is 1. The molecule has 54 heavy (non-hydrogen) atoms. The third-order valence-electron chi connectivity index (χ3n) is 8.52. The molecule has 0 aromatic heterocycles. The van der Waals surface area contributed by atoms with Crippen LogP contribution >= 0.6 is 0 Å². The zero-order valence-corrected chi connectivity index (χ0v) is 32.5. The van der Waals surface area contributed by atoms with E-state index in [0.29, 0.717) is 25.9 Å². The second-order valence-electron chi connectivity index (χ2n) is 14.1. The molecule has 0 heterocycles. The Hall–Kier alpha value is -5.25. The molecule has 0 fully saturated rings. The first-order valence-electron chi connectivity index (χ1n) is 18.7. The van der Waals surface area contributed by atoms with Crippen LogP contribution < -0.4 is 59.3 Å². The van der Waals surface area contributed by atoms with Crippen molar-refractivity contribution in [2.75, 3.05) is 39.3 Å². The smallest absolute Gasteiger partial charge is 0.315 e. The van der Waals surface area contributed by atoms with Crippen LogP contribution in [-0.2, 0) is 12.8 Å². The summed E-state index contributed by atoms with van der Waals surface area (Å²) in [6, 6.07) is 12.3. The number of nitrogens with two attached hydrogens (primary N) is 2. The normalized spacial score (nSPS) is 13.5. The summed E-state index contributed by atoms with van der Waals surface area (Å²) in [6.45, 7) is 11.3. The van der Waals surface area contributed by atoms with Crippen LogP contribution in [0.3, 0.4) is 0 Å². The van der Waals surface area contributed by atoms with Crippen molar-refractivity contribution in [3.63, 3.8) is 0 Å². The number of rotatable bonds is 22. The van der Waals surface area contributed by atoms with Crippen LogP contribution in [0.25, 0.3) is 0 Å². The second kappa shape index (κ2) is 24.9. The Morgan fingerprint density at radius 1 is 0.537 bits per heavy atom. The fourth-order valence-corrected chi connectivity index (χ4v) is 5.46. The SMILES string of the molecule is Cc1ccc(C[C@H](C)CNC(=O)N[C@@H](CCCCN)CNC(=O)N[C@@H](C)CNC(=O)N[C@H](CNC(=O)N[C@@H](C)CNC(N)=O)Cc2ccc(C)cc2)cc1. The molecule has 0 saturated heterocycles. The largest absolute Gasteiger partial charge is 0.352 e. The van der Waals surface area contributed by atoms with Gasteiger partial charge in [0.25, 0.3) is 0 Å². The summed E-state index contributed by atoms with van der Waals surface area (Å²) in [5, 5.41) is 25.2. The van der Waals surface area contributed by atoms with E-state index in [-0.39, 0.29) is 50.2 Å². The molecule has 16 heteroatoms. The van der Waals surface area contributed by atoms with E-state index in [4.69, 9.17) is 11.5 Å². The van der Waals surface area contributed by atoms with Gasteiger partial charge in [-0.25, -0.2) is 24.0 Å². The molecule has 0 saturated carbocycles. The molecule has 10 amide bonds. The molecule has 5 atom stereocenters. The highest BCUT2D eigenvalue weighted by atomic mass is 16.2. The summed E-state index contributed by atoms with van der Waals surface area (Å²) < 4.78 is 0. The first kappa shape index (κ1) is 44.9. The zero-order chi connectivity index (χ0) is 39.9. The van der Waals surface area contributed by atoms with Gasteiger partial charge in [0.1, 0.15) is 0 Å². The molecule has 0 unspecified atom stereocenters. The zero-order valence-electron chi connectivity index (χ0n) is 32.5. The number of hydrogen-bond donors (Lipinski definition) is 11. The van der Waals surface area contributed by atoms with E-state index in [2.05, 4.69) is 86.0 Å². The number of aryl methyl sites for hydroxylation is 2. The van der Waals surface area contributed by atoms with E-state index in [9.17, 15) is 24.0 Å². The maximum Gasteiger partial charge on any atom is 0.315 e. The van der Waals surface area contributed by atoms with Gasteiger partial charge in [0.15, 0.2) is 0 Å². The van der Waals surface area contributed by atoms with E-state index < -0.39 is 36.2 Å². The van der Waals surface area contributed by atoms with E-state index in [1.165, 1.54) is 11.1 Å². The summed E-state index contributed by atoms with van der Waals surface area (Å²) in [5.74, 6) is 0.242. The highest BCUT2D eigenvalue weighted by molar-refractivity contribution is 5.77. The van der Waals surface area contributed by atoms with Gasteiger partial charge in [-0.15, -0.1) is 0 Å². The molecule has 13 N–H and O–H groups in total. The van der Waals surface area contributed by atoms with E-state index >= 15 is 0 Å². The van der Waals surface area contributed by atoms with Crippen LogP contribution in [-0.4, -0.2) is 93.6 Å². The maximum atomic E-state index is 12.9. The van der Waals surface area contributed by atoms with E-state index in [1.807, 2.05) is 31.2 Å². The average Bonchev–Trinajstić information content (AvgIpc) is 3.12. The summed E-state index contributed by atoms with van der Waals surface area (Å²) >= 11 is 0. The lowest BCUT2D eigenvalue weighted by Gasteiger charge is -2.23. The van der Waals surface area contributed by atoms with E-state index in [0.717, 1.165) is 30.4 Å². The Bertz CT molecular complexity index is 1440. The van der Waals surface area contributed by atoms with Crippen molar-refractivity contribution in [2.45, 2.75) is 90.9 Å². The Morgan fingerprint density at radius 3 is 1.48 bits per heavy atom. The lowest BCUT2D eigenvalue weighted by Crippen LogP contribution is -2.54. The van der Waals surface area contributed by atoms with Gasteiger partial charge >= 0.3 is 30.2 Å². The van der Waals surface area contributed by atoms with Crippen molar-refractivity contribution in [3.05, 3.63) is 70.8 Å². The topological polar surface area (TPSA) is 246 Å². The molecular weight excluding hydrogens is 690 g/mol. The number of carbonyl (C=O) groups is 5. The van der Waals surface area contributed by atoms with Crippen molar-refractivity contribution >= 4 is 30.2 Å². The van der Waals surface area contributed by atoms with Gasteiger partial charge in [-0.2, -0.15) is 0 Å². The first-order valence-corrected chi connectivity index (χ1v) is 18.7. The molecule has 0 radical (unpaired) electrons. The number of amides is 10. The Labute approximate surface area is 319 Å². The lowest BCUT2D eigenvalue weighted by atomic mass is 10.0. The average molecular weight is 754 g/mol. The quantitative estimate of drug-likeness (QED) is 0.0805. The van der Waals surface area contributed by atoms with Crippen LogP contribution in [0.2, 0.25) is 0 Å². The third-order valence-corrected chi connectivity index (χ3v) is 8.52. The molecule has 300 valence electrons. The molecular formula is C38H63N11O5. The van der Waals surface area contributed by atoms with Gasteiger partial charge in [0.2, 0.25) is 0 Å². The standard InChI is InChI=1S/C38H63N11O5/c1-25-9-13-30(14-10-25)18-27(3)20-42-37(53)48-32(8-6-7-17-39)23-44-35(51)47-29(5)22-43-38(54)49-33(19-31-15-11-26(2)12-16-31)24-45-36(52)46-28(4)21-41-34(40)50/h9-16,27-29,32-33H,6-8,17-24,39H2,1-5H3,(H3,40,41,50)(H2,42,48,53)(H2,43,49,54)(H2,44,47,51)(H2,45,46,52)/t27-,28-,29-,32-,33-/m0/s1. The fraction of sp³-hybridized carbons (Fsp3) is 0.553. The molecule has 16 nitrogen and oxygen atoms in total. The molecule has 0 aliphatic rings. The third kappa shape index (κ3) is 20.7. The van der Waals surface area contributed by atoms with E-state index in [1.54, 1.807) is 13.8 Å². The van der Waals surface area contributed by atoms with Gasteiger partial charge in [-0.05, 0) is 77.0 Å². The molecule has 2 aromatic rings. The second-order valence-corrected chi connectivity index (χ2v) is 14.1. The minimum Gasteiger partial charge on any atom is -0.352 e. The van der Waals surface area contributed by atoms with Crippen molar-refractivity contribution < 1.29 is 24.0 Å². The van der Waals surface area contributed by atoms with Gasteiger partial charge in [0.05, 0.1) is 6.04 Å². The minimum absolute atomic E-state index is 0.129. The van der Waals surface area contributed by atoms with Gasteiger partial charge in [-0.1, -0.05) is 73.0 Å². The lowest BCUT2D eigenvalue weighted by molar-refractivity contribution is 0.226. The number of primary amides is 1. The number of urea groups is 5. The van der Waals surface area contributed by atoms with Crippen LogP contribution in [0.5, 0.6) is 0 Å². The van der Waals surface area contributed by atoms with Gasteiger partial charge in [-0.3, -0.25) is 0 Å². The monoisotopic (exact) mass is 754 g/mol. The summed E-state index contributed by atoms with van der Waals surface area (Å²) in [7, 11) is 0. The minimum atomic E-state index is -0.686. The molecule has 2 aromatic carbocycles. The van der Waals surface area contributed by atoms with Crippen molar-refractivity contribution in [2.24, 2.45) is 17.4 Å². The highest BCUT2D eigenvalue weighted by Crippen LogP contribution is 2.10. The van der Waals surface area contributed by atoms with Crippen LogP contribution in [0.1, 0.15) is 62.3 Å². The van der Waals surface area contributed by atoms with Gasteiger partial charge < -0.3 is 59.3 Å². The molecule has 0 spiro atoms. The maximum absolute atomic E-state index is 12.9. The Morgan fingerprint density at radius 2 is 0.963 bits per heavy atom. The molecule has 0 aliphatic carbocycles. The number of benzene rings is 2. The predicted octanol–water partition coefficient (Wildman–Crippen LogP) is 2.23. The number of nitrogens with one attached hydrogen (secondary N) is 9. The summed E-state index contributed by atoms with van der Waals surface area (Å²) in [4.78, 5) is 61.8. The van der Waals surface area contributed by atoms with Crippen LogP contribution in [0, 0.1) is 19.8 Å². The van der Waals surface area contributed by atoms with Crippen molar-refractivity contribution in [3.8, 4) is 0 Å². The van der Waals surface area contributed by atoms with Crippen LogP contribution in [0.4, 0.5) is 24.0 Å². The highest BCUT2D eigenvalue weighted by Gasteiger charge is 2.18. The predicted molar refractivity (Wildman–Crippen MR) is 212 cm³/mol. The van der Waals surface area contributed by atoms with Crippen molar-refractivity contribution in [1.29, 1.82) is 0 Å². The number of hydrogen-bond acceptors (Lipinski definition) is 6.